The van der Waals surface area contributed by atoms with Gasteiger partial charge in [0.1, 0.15) is 11.5 Å². The van der Waals surface area contributed by atoms with Crippen LogP contribution in [0.3, 0.4) is 0 Å². The lowest BCUT2D eigenvalue weighted by molar-refractivity contribution is 0.103. The van der Waals surface area contributed by atoms with E-state index in [1.54, 1.807) is 10.8 Å². The summed E-state index contributed by atoms with van der Waals surface area (Å²) in [5.74, 6) is -0.898. The van der Waals surface area contributed by atoms with E-state index in [1.165, 1.54) is 12.5 Å². The number of rotatable bonds is 4. The number of halogens is 1. The maximum Gasteiger partial charge on any atom is 0.214 e. The van der Waals surface area contributed by atoms with Crippen LogP contribution < -0.4 is 5.73 Å². The van der Waals surface area contributed by atoms with Crippen LogP contribution in [0.15, 0.2) is 31.0 Å². The molecule has 0 fully saturated rings. The van der Waals surface area contributed by atoms with Crippen LogP contribution in [0.5, 0.6) is 0 Å². The Morgan fingerprint density at radius 1 is 1.47 bits per heavy atom. The fourth-order valence-corrected chi connectivity index (χ4v) is 1.43. The average molecular weight is 234 g/mol. The van der Waals surface area contributed by atoms with Gasteiger partial charge in [-0.25, -0.2) is 9.37 Å². The van der Waals surface area contributed by atoms with Gasteiger partial charge in [-0.05, 0) is 6.07 Å². The number of hydrogen-bond acceptors (Lipinski definition) is 4. The number of imidazole rings is 1. The van der Waals surface area contributed by atoms with E-state index in [9.17, 15) is 9.18 Å². The van der Waals surface area contributed by atoms with Gasteiger partial charge in [0, 0.05) is 31.0 Å². The number of nitrogens with zero attached hydrogens (tertiary/aromatic N) is 3. The fraction of sp³-hybridized carbons (Fsp3) is 0.182. The Morgan fingerprint density at radius 2 is 2.29 bits per heavy atom. The maximum absolute atomic E-state index is 12.9. The molecule has 6 heteroatoms. The van der Waals surface area contributed by atoms with Crippen LogP contribution in [0.2, 0.25) is 0 Å². The van der Waals surface area contributed by atoms with Gasteiger partial charge in [0.25, 0.3) is 0 Å². The summed E-state index contributed by atoms with van der Waals surface area (Å²) in [6, 6.07) is 1.14. The second-order valence-electron chi connectivity index (χ2n) is 3.51. The minimum atomic E-state index is -0.544. The highest BCUT2D eigenvalue weighted by Crippen LogP contribution is 2.08. The molecule has 0 aliphatic heterocycles. The molecule has 88 valence electrons. The maximum atomic E-state index is 12.9. The first-order chi connectivity index (χ1) is 8.20. The van der Waals surface area contributed by atoms with Crippen molar-refractivity contribution in [1.29, 1.82) is 0 Å². The first-order valence-electron chi connectivity index (χ1n) is 5.08. The number of carbonyl (C=O) groups is 1. The van der Waals surface area contributed by atoms with Gasteiger partial charge in [0.05, 0.1) is 12.5 Å². The van der Waals surface area contributed by atoms with Gasteiger partial charge in [0.2, 0.25) is 5.78 Å². The molecule has 0 spiro atoms. The minimum Gasteiger partial charge on any atom is -0.335 e. The third-order valence-corrected chi connectivity index (χ3v) is 2.22. The standard InChI is InChI=1S/C11H11FN4O/c12-9-3-8(4-14-5-9)11(17)10-6-16(2-1-13)7-15-10/h3-7H,1-2,13H2. The molecule has 2 N–H and O–H groups in total. The van der Waals surface area contributed by atoms with Crippen LogP contribution >= 0.6 is 0 Å². The highest BCUT2D eigenvalue weighted by atomic mass is 19.1. The van der Waals surface area contributed by atoms with Gasteiger partial charge in [-0.15, -0.1) is 0 Å². The largest absolute Gasteiger partial charge is 0.335 e. The zero-order chi connectivity index (χ0) is 12.3. The molecule has 2 aromatic heterocycles. The molecule has 5 nitrogen and oxygen atoms in total. The van der Waals surface area contributed by atoms with Crippen molar-refractivity contribution in [3.05, 3.63) is 48.1 Å². The zero-order valence-electron chi connectivity index (χ0n) is 9.01. The second-order valence-corrected chi connectivity index (χ2v) is 3.51. The molecule has 17 heavy (non-hydrogen) atoms. The Balaban J connectivity index is 2.24. The van der Waals surface area contributed by atoms with Crippen LogP contribution in [0.4, 0.5) is 4.39 Å². The highest BCUT2D eigenvalue weighted by Gasteiger charge is 2.13. The quantitative estimate of drug-likeness (QED) is 0.786. The number of nitrogens with two attached hydrogens (primary N) is 1. The predicted molar refractivity (Wildman–Crippen MR) is 58.9 cm³/mol. The summed E-state index contributed by atoms with van der Waals surface area (Å²) in [6.07, 6.45) is 5.46. The minimum absolute atomic E-state index is 0.183. The van der Waals surface area contributed by atoms with Gasteiger partial charge in [-0.3, -0.25) is 9.78 Å². The van der Waals surface area contributed by atoms with E-state index in [0.717, 1.165) is 12.3 Å². The van der Waals surface area contributed by atoms with Gasteiger partial charge >= 0.3 is 0 Å². The van der Waals surface area contributed by atoms with Gasteiger partial charge in [0.15, 0.2) is 0 Å². The van der Waals surface area contributed by atoms with Crippen LogP contribution in [0.25, 0.3) is 0 Å². The van der Waals surface area contributed by atoms with Crippen LogP contribution in [0.1, 0.15) is 16.1 Å². The van der Waals surface area contributed by atoms with Crippen molar-refractivity contribution in [2.24, 2.45) is 5.73 Å². The Morgan fingerprint density at radius 3 is 3.00 bits per heavy atom. The van der Waals surface area contributed by atoms with E-state index in [1.807, 2.05) is 0 Å². The van der Waals surface area contributed by atoms with Crippen molar-refractivity contribution >= 4 is 5.78 Å². The topological polar surface area (TPSA) is 73.8 Å². The van der Waals surface area contributed by atoms with Crippen molar-refractivity contribution in [3.8, 4) is 0 Å². The lowest BCUT2D eigenvalue weighted by Crippen LogP contribution is -2.08. The van der Waals surface area contributed by atoms with Crippen molar-refractivity contribution in [2.45, 2.75) is 6.54 Å². The first-order valence-corrected chi connectivity index (χ1v) is 5.08. The third kappa shape index (κ3) is 2.54. The normalized spacial score (nSPS) is 10.5. The Hall–Kier alpha value is -2.08. The molecule has 0 unspecified atom stereocenters. The summed E-state index contributed by atoms with van der Waals surface area (Å²) in [6.45, 7) is 1.05. The third-order valence-electron chi connectivity index (χ3n) is 2.22. The smallest absolute Gasteiger partial charge is 0.214 e. The first kappa shape index (κ1) is 11.4. The predicted octanol–water partition coefficient (Wildman–Crippen LogP) is 0.607. The summed E-state index contributed by atoms with van der Waals surface area (Å²) in [4.78, 5) is 19.5. The summed E-state index contributed by atoms with van der Waals surface area (Å²) < 4.78 is 14.6. The molecule has 0 atom stereocenters. The second kappa shape index (κ2) is 4.84. The molecule has 2 rings (SSSR count). The molecule has 0 aliphatic rings. The number of pyridine rings is 1. The molecule has 2 aromatic rings. The molecule has 0 bridgehead atoms. The molecule has 0 saturated heterocycles. The number of aromatic nitrogens is 3. The summed E-state index contributed by atoms with van der Waals surface area (Å²) in [7, 11) is 0. The number of hydrogen-bond donors (Lipinski definition) is 1. The lowest BCUT2D eigenvalue weighted by atomic mass is 10.1. The van der Waals surface area contributed by atoms with E-state index < -0.39 is 5.82 Å². The zero-order valence-corrected chi connectivity index (χ0v) is 9.01. The van der Waals surface area contributed by atoms with Crippen molar-refractivity contribution < 1.29 is 9.18 Å². The number of carbonyl (C=O) groups excluding carboxylic acids is 1. The highest BCUT2D eigenvalue weighted by molar-refractivity contribution is 6.07. The van der Waals surface area contributed by atoms with E-state index in [-0.39, 0.29) is 17.0 Å². The van der Waals surface area contributed by atoms with Gasteiger partial charge in [-0.1, -0.05) is 0 Å². The Bertz CT molecular complexity index is 538. The van der Waals surface area contributed by atoms with E-state index in [0.29, 0.717) is 13.1 Å². The summed E-state index contributed by atoms with van der Waals surface area (Å²) >= 11 is 0. The number of ketones is 1. The fourth-order valence-electron chi connectivity index (χ4n) is 1.43. The van der Waals surface area contributed by atoms with E-state index >= 15 is 0 Å². The molecule has 0 amide bonds. The van der Waals surface area contributed by atoms with E-state index in [2.05, 4.69) is 9.97 Å². The average Bonchev–Trinajstić information content (AvgIpc) is 2.77. The van der Waals surface area contributed by atoms with Crippen LogP contribution in [-0.4, -0.2) is 26.9 Å². The molecular weight excluding hydrogens is 223 g/mol. The van der Waals surface area contributed by atoms with Gasteiger partial charge in [-0.2, -0.15) is 0 Å². The molecule has 0 aromatic carbocycles. The summed E-state index contributed by atoms with van der Waals surface area (Å²) in [5, 5.41) is 0. The van der Waals surface area contributed by atoms with Crippen LogP contribution in [0, 0.1) is 5.82 Å². The van der Waals surface area contributed by atoms with E-state index in [4.69, 9.17) is 5.73 Å². The lowest BCUT2D eigenvalue weighted by Gasteiger charge is -1.97. The van der Waals surface area contributed by atoms with Gasteiger partial charge < -0.3 is 10.3 Å². The van der Waals surface area contributed by atoms with Crippen molar-refractivity contribution in [2.75, 3.05) is 6.54 Å². The van der Waals surface area contributed by atoms with Crippen molar-refractivity contribution in [3.63, 3.8) is 0 Å². The molecule has 0 aliphatic carbocycles. The monoisotopic (exact) mass is 234 g/mol. The van der Waals surface area contributed by atoms with Crippen LogP contribution in [-0.2, 0) is 6.54 Å². The molecule has 2 heterocycles. The molecule has 0 saturated carbocycles. The Labute approximate surface area is 97.1 Å². The molecular formula is C11H11FN4O. The Kier molecular flexibility index (Phi) is 3.24. The SMILES string of the molecule is NCCn1cnc(C(=O)c2cncc(F)c2)c1. The molecule has 0 radical (unpaired) electrons. The summed E-state index contributed by atoms with van der Waals surface area (Å²) in [5.41, 5.74) is 5.82. The van der Waals surface area contributed by atoms with Crippen molar-refractivity contribution in [1.82, 2.24) is 14.5 Å².